The molecule has 5 heteroatoms. The SMILES string of the molecule is COCCCOc1cc2c(cc1OC)C(=NC1CC1)C[C@H](C(C)(C)C)O2. The van der Waals surface area contributed by atoms with Crippen LogP contribution in [0.4, 0.5) is 0 Å². The van der Waals surface area contributed by atoms with Gasteiger partial charge < -0.3 is 18.9 Å². The molecule has 0 saturated heterocycles. The molecule has 144 valence electrons. The number of hydrogen-bond donors (Lipinski definition) is 0. The number of nitrogens with zero attached hydrogens (tertiary/aromatic N) is 1. The molecule has 0 amide bonds. The molecule has 0 radical (unpaired) electrons. The fourth-order valence-corrected chi connectivity index (χ4v) is 3.03. The Morgan fingerprint density at radius 3 is 2.50 bits per heavy atom. The highest BCUT2D eigenvalue weighted by Gasteiger charge is 2.35. The first kappa shape index (κ1) is 19.0. The highest BCUT2D eigenvalue weighted by Crippen LogP contribution is 2.42. The van der Waals surface area contributed by atoms with Gasteiger partial charge in [0, 0.05) is 43.9 Å². The van der Waals surface area contributed by atoms with Gasteiger partial charge in [0.15, 0.2) is 11.5 Å². The van der Waals surface area contributed by atoms with E-state index in [0.29, 0.717) is 25.0 Å². The van der Waals surface area contributed by atoms with Crippen LogP contribution in [0.5, 0.6) is 17.2 Å². The summed E-state index contributed by atoms with van der Waals surface area (Å²) in [5.74, 6) is 2.28. The predicted molar refractivity (Wildman–Crippen MR) is 103 cm³/mol. The molecule has 1 atom stereocenters. The molecule has 1 heterocycles. The zero-order chi connectivity index (χ0) is 18.7. The molecule has 1 aliphatic heterocycles. The molecule has 3 rings (SSSR count). The van der Waals surface area contributed by atoms with Crippen LogP contribution >= 0.6 is 0 Å². The molecule has 1 aromatic rings. The largest absolute Gasteiger partial charge is 0.493 e. The van der Waals surface area contributed by atoms with E-state index in [4.69, 9.17) is 23.9 Å². The minimum atomic E-state index is 0.0431. The average molecular weight is 361 g/mol. The van der Waals surface area contributed by atoms with Gasteiger partial charge in [-0.2, -0.15) is 0 Å². The Hall–Kier alpha value is -1.75. The van der Waals surface area contributed by atoms with Crippen molar-refractivity contribution in [1.29, 1.82) is 0 Å². The van der Waals surface area contributed by atoms with Gasteiger partial charge in [0.1, 0.15) is 11.9 Å². The molecule has 0 bridgehead atoms. The number of rotatable bonds is 7. The third-order valence-corrected chi connectivity index (χ3v) is 4.83. The first-order chi connectivity index (χ1) is 12.4. The number of hydrogen-bond acceptors (Lipinski definition) is 5. The van der Waals surface area contributed by atoms with Gasteiger partial charge in [-0.15, -0.1) is 0 Å². The summed E-state index contributed by atoms with van der Waals surface area (Å²) in [4.78, 5) is 4.97. The summed E-state index contributed by atoms with van der Waals surface area (Å²) in [7, 11) is 3.36. The molecule has 0 aromatic heterocycles. The van der Waals surface area contributed by atoms with Gasteiger partial charge in [-0.1, -0.05) is 20.8 Å². The lowest BCUT2D eigenvalue weighted by Gasteiger charge is -2.36. The normalized spacial score (nSPS) is 21.3. The molecule has 0 spiro atoms. The fraction of sp³-hybridized carbons (Fsp3) is 0.667. The lowest BCUT2D eigenvalue weighted by atomic mass is 9.83. The van der Waals surface area contributed by atoms with Crippen LogP contribution in [0.15, 0.2) is 17.1 Å². The van der Waals surface area contributed by atoms with E-state index in [0.717, 1.165) is 35.6 Å². The molecule has 1 aromatic carbocycles. The summed E-state index contributed by atoms with van der Waals surface area (Å²) in [6.45, 7) is 7.89. The van der Waals surface area contributed by atoms with Gasteiger partial charge in [-0.05, 0) is 24.3 Å². The summed E-state index contributed by atoms with van der Waals surface area (Å²) < 4.78 is 22.9. The van der Waals surface area contributed by atoms with Crippen LogP contribution in [-0.4, -0.2) is 45.3 Å². The Bertz CT molecular complexity index is 659. The summed E-state index contributed by atoms with van der Waals surface area (Å²) in [6, 6.07) is 4.45. The number of benzene rings is 1. The summed E-state index contributed by atoms with van der Waals surface area (Å²) in [5.41, 5.74) is 2.22. The van der Waals surface area contributed by atoms with Crippen LogP contribution in [0.2, 0.25) is 0 Å². The molecule has 0 N–H and O–H groups in total. The number of fused-ring (bicyclic) bond motifs is 1. The van der Waals surface area contributed by atoms with Crippen molar-refractivity contribution in [2.45, 2.75) is 58.6 Å². The van der Waals surface area contributed by atoms with Crippen molar-refractivity contribution in [3.8, 4) is 17.2 Å². The number of ether oxygens (including phenoxy) is 4. The highest BCUT2D eigenvalue weighted by atomic mass is 16.5. The smallest absolute Gasteiger partial charge is 0.164 e. The van der Waals surface area contributed by atoms with Crippen LogP contribution in [0.3, 0.4) is 0 Å². The Kier molecular flexibility index (Phi) is 5.76. The molecule has 0 unspecified atom stereocenters. The van der Waals surface area contributed by atoms with Crippen LogP contribution in [0.25, 0.3) is 0 Å². The fourth-order valence-electron chi connectivity index (χ4n) is 3.03. The van der Waals surface area contributed by atoms with E-state index >= 15 is 0 Å². The van der Waals surface area contributed by atoms with Gasteiger partial charge in [0.05, 0.1) is 19.8 Å². The number of methoxy groups -OCH3 is 2. The maximum atomic E-state index is 6.36. The van der Waals surface area contributed by atoms with Gasteiger partial charge in [0.25, 0.3) is 0 Å². The molecule has 26 heavy (non-hydrogen) atoms. The topological polar surface area (TPSA) is 49.3 Å². The van der Waals surface area contributed by atoms with E-state index in [2.05, 4.69) is 20.8 Å². The van der Waals surface area contributed by atoms with E-state index in [1.54, 1.807) is 14.2 Å². The second-order valence-corrected chi connectivity index (χ2v) is 8.18. The van der Waals surface area contributed by atoms with Gasteiger partial charge in [-0.3, -0.25) is 4.99 Å². The predicted octanol–water partition coefficient (Wildman–Crippen LogP) is 4.26. The standard InChI is InChI=1S/C21H31NO4/c1-21(2,3)20-12-16(22-14-7-8-14)15-11-18(24-5)19(13-17(15)26-20)25-10-6-9-23-4/h11,13-14,20H,6-10,12H2,1-5H3/t20-/m1/s1. The van der Waals surface area contributed by atoms with Crippen LogP contribution in [0.1, 0.15) is 52.0 Å². The summed E-state index contributed by atoms with van der Waals surface area (Å²) >= 11 is 0. The van der Waals surface area contributed by atoms with E-state index in [9.17, 15) is 0 Å². The monoisotopic (exact) mass is 361 g/mol. The zero-order valence-electron chi connectivity index (χ0n) is 16.6. The van der Waals surface area contributed by atoms with Crippen molar-refractivity contribution in [3.05, 3.63) is 17.7 Å². The first-order valence-corrected chi connectivity index (χ1v) is 9.50. The molecule has 1 saturated carbocycles. The zero-order valence-corrected chi connectivity index (χ0v) is 16.6. The molecular formula is C21H31NO4. The van der Waals surface area contributed by atoms with Crippen LogP contribution in [-0.2, 0) is 4.74 Å². The van der Waals surface area contributed by atoms with Crippen molar-refractivity contribution in [1.82, 2.24) is 0 Å². The Labute approximate surface area is 156 Å². The maximum absolute atomic E-state index is 6.36. The number of aliphatic imine (C=N–C) groups is 1. The molecular weight excluding hydrogens is 330 g/mol. The Morgan fingerprint density at radius 1 is 1.12 bits per heavy atom. The van der Waals surface area contributed by atoms with Crippen LogP contribution in [0, 0.1) is 5.41 Å². The second kappa shape index (κ2) is 7.87. The van der Waals surface area contributed by atoms with Gasteiger partial charge in [0.2, 0.25) is 0 Å². The molecule has 1 fully saturated rings. The van der Waals surface area contributed by atoms with E-state index in [1.807, 2.05) is 12.1 Å². The highest BCUT2D eigenvalue weighted by molar-refractivity contribution is 6.05. The van der Waals surface area contributed by atoms with Crippen molar-refractivity contribution in [3.63, 3.8) is 0 Å². The Balaban J connectivity index is 1.91. The minimum Gasteiger partial charge on any atom is -0.493 e. The van der Waals surface area contributed by atoms with Gasteiger partial charge >= 0.3 is 0 Å². The second-order valence-electron chi connectivity index (χ2n) is 8.18. The first-order valence-electron chi connectivity index (χ1n) is 9.50. The third-order valence-electron chi connectivity index (χ3n) is 4.83. The van der Waals surface area contributed by atoms with E-state index < -0.39 is 0 Å². The Morgan fingerprint density at radius 2 is 1.88 bits per heavy atom. The molecule has 5 nitrogen and oxygen atoms in total. The lowest BCUT2D eigenvalue weighted by Crippen LogP contribution is -2.38. The molecule has 1 aliphatic carbocycles. The van der Waals surface area contributed by atoms with Crippen molar-refractivity contribution >= 4 is 5.71 Å². The van der Waals surface area contributed by atoms with E-state index in [-0.39, 0.29) is 11.5 Å². The van der Waals surface area contributed by atoms with Crippen molar-refractivity contribution < 1.29 is 18.9 Å². The third kappa shape index (κ3) is 4.50. The van der Waals surface area contributed by atoms with Crippen molar-refractivity contribution in [2.24, 2.45) is 10.4 Å². The minimum absolute atomic E-state index is 0.0431. The lowest BCUT2D eigenvalue weighted by molar-refractivity contribution is 0.0875. The van der Waals surface area contributed by atoms with Gasteiger partial charge in [-0.25, -0.2) is 0 Å². The average Bonchev–Trinajstić information content (AvgIpc) is 3.41. The van der Waals surface area contributed by atoms with E-state index in [1.165, 1.54) is 12.8 Å². The quantitative estimate of drug-likeness (QED) is 0.681. The van der Waals surface area contributed by atoms with Crippen LogP contribution < -0.4 is 14.2 Å². The summed E-state index contributed by atoms with van der Waals surface area (Å²) in [6.07, 6.45) is 4.15. The summed E-state index contributed by atoms with van der Waals surface area (Å²) in [5, 5.41) is 0. The van der Waals surface area contributed by atoms with Crippen molar-refractivity contribution in [2.75, 3.05) is 27.4 Å². The maximum Gasteiger partial charge on any atom is 0.164 e. The molecule has 2 aliphatic rings.